The van der Waals surface area contributed by atoms with Crippen molar-refractivity contribution in [3.05, 3.63) is 41.5 Å². The normalized spacial score (nSPS) is 17.3. The average Bonchev–Trinajstić information content (AvgIpc) is 2.45. The van der Waals surface area contributed by atoms with Crippen molar-refractivity contribution in [1.82, 2.24) is 4.90 Å². The topological polar surface area (TPSA) is 74.7 Å². The van der Waals surface area contributed by atoms with Crippen LogP contribution in [0, 0.1) is 0 Å². The summed E-state index contributed by atoms with van der Waals surface area (Å²) in [6, 6.07) is 6.84. The van der Waals surface area contributed by atoms with Gasteiger partial charge in [0.15, 0.2) is 0 Å². The SMILES string of the molecule is CC(c1cccc(C=CC(=O)O)c1)N1C(=O)CCCC1=O. The summed E-state index contributed by atoms with van der Waals surface area (Å²) in [6.07, 6.45) is 3.95. The van der Waals surface area contributed by atoms with E-state index in [1.165, 1.54) is 11.0 Å². The summed E-state index contributed by atoms with van der Waals surface area (Å²) in [6.45, 7) is 1.81. The van der Waals surface area contributed by atoms with E-state index in [1.54, 1.807) is 25.1 Å². The van der Waals surface area contributed by atoms with Gasteiger partial charge in [0.05, 0.1) is 6.04 Å². The van der Waals surface area contributed by atoms with Crippen LogP contribution in [-0.4, -0.2) is 27.8 Å². The molecule has 1 atom stereocenters. The van der Waals surface area contributed by atoms with Gasteiger partial charge in [-0.25, -0.2) is 4.79 Å². The maximum atomic E-state index is 11.9. The molecular weight excluding hydrogens is 270 g/mol. The van der Waals surface area contributed by atoms with Crippen molar-refractivity contribution in [2.45, 2.75) is 32.2 Å². The van der Waals surface area contributed by atoms with Crippen molar-refractivity contribution < 1.29 is 19.5 Å². The first-order valence-corrected chi connectivity index (χ1v) is 6.85. The van der Waals surface area contributed by atoms with E-state index in [1.807, 2.05) is 6.07 Å². The minimum atomic E-state index is -1.02. The smallest absolute Gasteiger partial charge is 0.328 e. The third kappa shape index (κ3) is 3.56. The number of piperidine rings is 1. The highest BCUT2D eigenvalue weighted by atomic mass is 16.4. The molecule has 1 aromatic rings. The Labute approximate surface area is 122 Å². The van der Waals surface area contributed by atoms with Crippen molar-refractivity contribution in [2.75, 3.05) is 0 Å². The van der Waals surface area contributed by atoms with Gasteiger partial charge < -0.3 is 5.11 Å². The number of nitrogens with zero attached hydrogens (tertiary/aromatic N) is 1. The van der Waals surface area contributed by atoms with Gasteiger partial charge in [0, 0.05) is 18.9 Å². The first kappa shape index (κ1) is 15.0. The number of carboxylic acids is 1. The largest absolute Gasteiger partial charge is 0.478 e. The van der Waals surface area contributed by atoms with E-state index >= 15 is 0 Å². The molecule has 1 heterocycles. The minimum absolute atomic E-state index is 0.148. The fourth-order valence-electron chi connectivity index (χ4n) is 2.44. The molecular formula is C16H17NO4. The number of rotatable bonds is 4. The molecule has 5 nitrogen and oxygen atoms in total. The lowest BCUT2D eigenvalue weighted by Crippen LogP contribution is -2.41. The summed E-state index contributed by atoms with van der Waals surface area (Å²) in [5.41, 5.74) is 1.53. The Hall–Kier alpha value is -2.43. The predicted molar refractivity (Wildman–Crippen MR) is 77.2 cm³/mol. The molecule has 0 saturated carbocycles. The molecule has 1 unspecified atom stereocenters. The van der Waals surface area contributed by atoms with Crippen LogP contribution in [-0.2, 0) is 14.4 Å². The Morgan fingerprint density at radius 3 is 2.57 bits per heavy atom. The van der Waals surface area contributed by atoms with Gasteiger partial charge in [-0.1, -0.05) is 18.2 Å². The lowest BCUT2D eigenvalue weighted by atomic mass is 10.0. The molecule has 5 heteroatoms. The number of hydrogen-bond acceptors (Lipinski definition) is 3. The molecule has 0 radical (unpaired) electrons. The Balaban J connectivity index is 2.24. The van der Waals surface area contributed by atoms with Crippen LogP contribution in [0.25, 0.3) is 6.08 Å². The highest BCUT2D eigenvalue weighted by molar-refractivity contribution is 5.98. The molecule has 1 fully saturated rings. The van der Waals surface area contributed by atoms with Gasteiger partial charge in [0.1, 0.15) is 0 Å². The molecule has 0 aliphatic carbocycles. The Morgan fingerprint density at radius 2 is 1.95 bits per heavy atom. The Morgan fingerprint density at radius 1 is 1.29 bits per heavy atom. The highest BCUT2D eigenvalue weighted by Gasteiger charge is 2.30. The van der Waals surface area contributed by atoms with E-state index in [4.69, 9.17) is 5.11 Å². The first-order valence-electron chi connectivity index (χ1n) is 6.85. The lowest BCUT2D eigenvalue weighted by molar-refractivity contribution is -0.150. The number of carbonyl (C=O) groups is 3. The van der Waals surface area contributed by atoms with Gasteiger partial charge in [0.2, 0.25) is 11.8 Å². The van der Waals surface area contributed by atoms with E-state index in [2.05, 4.69) is 0 Å². The second-order valence-electron chi connectivity index (χ2n) is 5.03. The second-order valence-corrected chi connectivity index (χ2v) is 5.03. The minimum Gasteiger partial charge on any atom is -0.478 e. The van der Waals surface area contributed by atoms with Crippen molar-refractivity contribution in [3.8, 4) is 0 Å². The highest BCUT2D eigenvalue weighted by Crippen LogP contribution is 2.26. The Bertz CT molecular complexity index is 590. The number of amides is 2. The van der Waals surface area contributed by atoms with Crippen molar-refractivity contribution >= 4 is 23.9 Å². The van der Waals surface area contributed by atoms with Crippen molar-refractivity contribution in [2.24, 2.45) is 0 Å². The molecule has 1 aliphatic rings. The summed E-state index contributed by atoms with van der Waals surface area (Å²) < 4.78 is 0. The summed E-state index contributed by atoms with van der Waals surface area (Å²) in [5, 5.41) is 8.64. The van der Waals surface area contributed by atoms with Crippen LogP contribution in [0.2, 0.25) is 0 Å². The third-order valence-electron chi connectivity index (χ3n) is 3.52. The van der Waals surface area contributed by atoms with Gasteiger partial charge in [-0.3, -0.25) is 14.5 Å². The maximum absolute atomic E-state index is 11.9. The van der Waals surface area contributed by atoms with Crippen LogP contribution in [0.3, 0.4) is 0 Å². The molecule has 2 amide bonds. The van der Waals surface area contributed by atoms with Crippen LogP contribution in [0.4, 0.5) is 0 Å². The first-order chi connectivity index (χ1) is 9.99. The van der Waals surface area contributed by atoms with Crippen molar-refractivity contribution in [3.63, 3.8) is 0 Å². The monoisotopic (exact) mass is 287 g/mol. The number of carbonyl (C=O) groups excluding carboxylic acids is 2. The zero-order valence-electron chi connectivity index (χ0n) is 11.8. The molecule has 0 aromatic heterocycles. The summed E-state index contributed by atoms with van der Waals surface area (Å²) in [7, 11) is 0. The zero-order valence-corrected chi connectivity index (χ0v) is 11.8. The second kappa shape index (κ2) is 6.35. The molecule has 1 N–H and O–H groups in total. The number of aliphatic carboxylic acids is 1. The number of hydrogen-bond donors (Lipinski definition) is 1. The number of carboxylic acid groups (broad SMARTS) is 1. The number of benzene rings is 1. The van der Waals surface area contributed by atoms with Crippen molar-refractivity contribution in [1.29, 1.82) is 0 Å². The summed E-state index contributed by atoms with van der Waals surface area (Å²) >= 11 is 0. The van der Waals surface area contributed by atoms with Gasteiger partial charge in [-0.2, -0.15) is 0 Å². The maximum Gasteiger partial charge on any atom is 0.328 e. The van der Waals surface area contributed by atoms with Crippen LogP contribution in [0.5, 0.6) is 0 Å². The van der Waals surface area contributed by atoms with Gasteiger partial charge in [0.25, 0.3) is 0 Å². The van der Waals surface area contributed by atoms with Crippen LogP contribution in [0.15, 0.2) is 30.3 Å². The van der Waals surface area contributed by atoms with Crippen LogP contribution in [0.1, 0.15) is 43.4 Å². The summed E-state index contributed by atoms with van der Waals surface area (Å²) in [5.74, 6) is -1.31. The lowest BCUT2D eigenvalue weighted by Gasteiger charge is -2.31. The average molecular weight is 287 g/mol. The van der Waals surface area contributed by atoms with Crippen LogP contribution >= 0.6 is 0 Å². The number of imide groups is 1. The number of likely N-dealkylation sites (tertiary alicyclic amines) is 1. The molecule has 21 heavy (non-hydrogen) atoms. The fraction of sp³-hybridized carbons (Fsp3) is 0.312. The van der Waals surface area contributed by atoms with E-state index in [0.717, 1.165) is 17.2 Å². The van der Waals surface area contributed by atoms with Gasteiger partial charge >= 0.3 is 5.97 Å². The van der Waals surface area contributed by atoms with Gasteiger partial charge in [-0.15, -0.1) is 0 Å². The van der Waals surface area contributed by atoms with Crippen LogP contribution < -0.4 is 0 Å². The molecule has 0 spiro atoms. The fourth-order valence-corrected chi connectivity index (χ4v) is 2.44. The van der Waals surface area contributed by atoms with E-state index < -0.39 is 5.97 Å². The van der Waals surface area contributed by atoms with Gasteiger partial charge in [-0.05, 0) is 36.6 Å². The molecule has 1 aliphatic heterocycles. The predicted octanol–water partition coefficient (Wildman–Crippen LogP) is 2.38. The molecule has 110 valence electrons. The van der Waals surface area contributed by atoms with E-state index in [9.17, 15) is 14.4 Å². The Kier molecular flexibility index (Phi) is 4.52. The quantitative estimate of drug-likeness (QED) is 0.681. The molecule has 2 rings (SSSR count). The third-order valence-corrected chi connectivity index (χ3v) is 3.52. The summed E-state index contributed by atoms with van der Waals surface area (Å²) in [4.78, 5) is 35.7. The van der Waals surface area contributed by atoms with E-state index in [0.29, 0.717) is 19.3 Å². The van der Waals surface area contributed by atoms with E-state index in [-0.39, 0.29) is 17.9 Å². The molecule has 0 bridgehead atoms. The molecule has 1 aromatic carbocycles. The standard InChI is InChI=1S/C16H17NO4/c1-11(17-14(18)6-3-7-15(17)19)13-5-2-4-12(10-13)8-9-16(20)21/h2,4-5,8-11H,3,6-7H2,1H3,(H,20,21). The molecule has 1 saturated heterocycles. The zero-order chi connectivity index (χ0) is 15.4.